The number of hydrogen-bond acceptors (Lipinski definition) is 3. The summed E-state index contributed by atoms with van der Waals surface area (Å²) in [6.07, 6.45) is 48.3. The van der Waals surface area contributed by atoms with E-state index < -0.39 is 0 Å². The van der Waals surface area contributed by atoms with Gasteiger partial charge in [-0.1, -0.05) is 194 Å². The zero-order valence-corrected chi connectivity index (χ0v) is 33.9. The summed E-state index contributed by atoms with van der Waals surface area (Å²) < 4.78 is 0. The van der Waals surface area contributed by atoms with E-state index in [0.29, 0.717) is 0 Å². The van der Waals surface area contributed by atoms with Crippen molar-refractivity contribution >= 4 is 35.3 Å². The molecular formula is C42H84S3. The number of unbranched alkanes of at least 4 members (excludes halogenated alkanes) is 27. The highest BCUT2D eigenvalue weighted by Crippen LogP contribution is 2.40. The standard InChI is InChI=1S/C42H84S3/c1-4-7-10-13-16-19-22-25-28-31-34-43-40-37-41(44-35-32-29-26-23-20-17-14-11-8-5-2)39-42(38-40)45-36-33-30-27-24-21-18-15-12-9-6-3/h40-42H,4-39H2,1-3H3. The third-order valence-corrected chi connectivity index (χ3v) is 14.3. The molecule has 0 radical (unpaired) electrons. The van der Waals surface area contributed by atoms with Crippen LogP contribution in [0.15, 0.2) is 0 Å². The maximum Gasteiger partial charge on any atom is 0.00681 e. The van der Waals surface area contributed by atoms with Crippen molar-refractivity contribution in [2.45, 2.75) is 248 Å². The van der Waals surface area contributed by atoms with Gasteiger partial charge in [-0.3, -0.25) is 0 Å². The highest BCUT2D eigenvalue weighted by Gasteiger charge is 2.29. The van der Waals surface area contributed by atoms with Crippen LogP contribution in [0.1, 0.15) is 233 Å². The van der Waals surface area contributed by atoms with E-state index in [1.165, 1.54) is 229 Å². The second kappa shape index (κ2) is 36.3. The highest BCUT2D eigenvalue weighted by atomic mass is 32.2. The van der Waals surface area contributed by atoms with Gasteiger partial charge < -0.3 is 0 Å². The summed E-state index contributed by atoms with van der Waals surface area (Å²) in [6.45, 7) is 6.96. The quantitative estimate of drug-likeness (QED) is 0.0603. The predicted molar refractivity (Wildman–Crippen MR) is 218 cm³/mol. The molecule has 1 aliphatic rings. The Morgan fingerprint density at radius 3 is 0.644 bits per heavy atom. The molecule has 0 aromatic rings. The van der Waals surface area contributed by atoms with Crippen molar-refractivity contribution in [3.05, 3.63) is 0 Å². The molecule has 1 aliphatic carbocycles. The highest BCUT2D eigenvalue weighted by molar-refractivity contribution is 8.01. The fourth-order valence-corrected chi connectivity index (χ4v) is 11.8. The van der Waals surface area contributed by atoms with Crippen LogP contribution in [0.4, 0.5) is 0 Å². The van der Waals surface area contributed by atoms with Gasteiger partial charge >= 0.3 is 0 Å². The molecule has 0 unspecified atom stereocenters. The van der Waals surface area contributed by atoms with Crippen molar-refractivity contribution in [3.63, 3.8) is 0 Å². The van der Waals surface area contributed by atoms with Gasteiger partial charge in [-0.05, 0) is 55.8 Å². The van der Waals surface area contributed by atoms with E-state index in [0.717, 1.165) is 15.7 Å². The van der Waals surface area contributed by atoms with Gasteiger partial charge in [-0.25, -0.2) is 0 Å². The summed E-state index contributed by atoms with van der Waals surface area (Å²) in [5.74, 6) is 4.27. The topological polar surface area (TPSA) is 0 Å². The van der Waals surface area contributed by atoms with E-state index in [-0.39, 0.29) is 0 Å². The van der Waals surface area contributed by atoms with Crippen molar-refractivity contribution in [1.29, 1.82) is 0 Å². The molecule has 0 spiro atoms. The molecule has 0 saturated heterocycles. The minimum absolute atomic E-state index is 0.938. The molecule has 0 heterocycles. The minimum atomic E-state index is 0.938. The minimum Gasteiger partial charge on any atom is -0.159 e. The van der Waals surface area contributed by atoms with Crippen molar-refractivity contribution in [2.75, 3.05) is 17.3 Å². The summed E-state index contributed by atoms with van der Waals surface area (Å²) in [7, 11) is 0. The monoisotopic (exact) mass is 685 g/mol. The smallest absolute Gasteiger partial charge is 0.00681 e. The lowest BCUT2D eigenvalue weighted by atomic mass is 9.99. The van der Waals surface area contributed by atoms with Crippen LogP contribution in [0.25, 0.3) is 0 Å². The lowest BCUT2D eigenvalue weighted by Gasteiger charge is -2.34. The van der Waals surface area contributed by atoms with Gasteiger partial charge in [0.1, 0.15) is 0 Å². The molecule has 1 fully saturated rings. The first-order chi connectivity index (χ1) is 22.3. The average molecular weight is 685 g/mol. The summed E-state index contributed by atoms with van der Waals surface area (Å²) >= 11 is 7.12. The van der Waals surface area contributed by atoms with Crippen LogP contribution >= 0.6 is 35.3 Å². The van der Waals surface area contributed by atoms with Crippen LogP contribution < -0.4 is 0 Å². The number of hydrogen-bond donors (Lipinski definition) is 0. The Bertz CT molecular complexity index is 470. The van der Waals surface area contributed by atoms with Crippen molar-refractivity contribution in [1.82, 2.24) is 0 Å². The fourth-order valence-electron chi connectivity index (χ4n) is 7.10. The molecule has 1 rings (SSSR count). The fraction of sp³-hybridized carbons (Fsp3) is 1.00. The normalized spacial score (nSPS) is 18.6. The maximum absolute atomic E-state index is 2.37. The van der Waals surface area contributed by atoms with Gasteiger partial charge in [0.05, 0.1) is 0 Å². The third-order valence-electron chi connectivity index (χ3n) is 10.1. The van der Waals surface area contributed by atoms with Gasteiger partial charge in [0.2, 0.25) is 0 Å². The molecule has 0 nitrogen and oxygen atoms in total. The van der Waals surface area contributed by atoms with Crippen molar-refractivity contribution in [2.24, 2.45) is 0 Å². The molecule has 0 N–H and O–H groups in total. The third kappa shape index (κ3) is 30.8. The zero-order valence-electron chi connectivity index (χ0n) is 31.4. The first-order valence-electron chi connectivity index (χ1n) is 21.1. The lowest BCUT2D eigenvalue weighted by Crippen LogP contribution is -2.29. The van der Waals surface area contributed by atoms with Crippen LogP contribution in [-0.4, -0.2) is 33.0 Å². The molecule has 0 aromatic carbocycles. The molecule has 0 atom stereocenters. The molecule has 270 valence electrons. The zero-order chi connectivity index (χ0) is 32.3. The van der Waals surface area contributed by atoms with Crippen molar-refractivity contribution < 1.29 is 0 Å². The van der Waals surface area contributed by atoms with E-state index in [2.05, 4.69) is 56.1 Å². The largest absolute Gasteiger partial charge is 0.159 e. The molecule has 1 saturated carbocycles. The van der Waals surface area contributed by atoms with E-state index in [1.54, 1.807) is 0 Å². The summed E-state index contributed by atoms with van der Waals surface area (Å²) in [5, 5.41) is 2.81. The average Bonchev–Trinajstić information content (AvgIpc) is 3.05. The Morgan fingerprint density at radius 1 is 0.267 bits per heavy atom. The van der Waals surface area contributed by atoms with Crippen LogP contribution in [-0.2, 0) is 0 Å². The second-order valence-electron chi connectivity index (χ2n) is 14.7. The summed E-state index contributed by atoms with van der Waals surface area (Å²) in [4.78, 5) is 0. The molecule has 0 aromatic heterocycles. The molecule has 0 amide bonds. The summed E-state index contributed by atoms with van der Waals surface area (Å²) in [5.41, 5.74) is 0. The van der Waals surface area contributed by atoms with Crippen LogP contribution in [0.5, 0.6) is 0 Å². The molecule has 0 aliphatic heterocycles. The van der Waals surface area contributed by atoms with Crippen LogP contribution in [0, 0.1) is 0 Å². The van der Waals surface area contributed by atoms with Crippen molar-refractivity contribution in [3.8, 4) is 0 Å². The summed E-state index contributed by atoms with van der Waals surface area (Å²) in [6, 6.07) is 0. The second-order valence-corrected chi connectivity index (χ2v) is 19.0. The van der Waals surface area contributed by atoms with Gasteiger partial charge in [0.15, 0.2) is 0 Å². The molecule has 0 bridgehead atoms. The Kier molecular flexibility index (Phi) is 35.6. The van der Waals surface area contributed by atoms with E-state index in [1.807, 2.05) is 0 Å². The maximum atomic E-state index is 2.37. The molecule has 45 heavy (non-hydrogen) atoms. The Hall–Kier alpha value is 1.05. The van der Waals surface area contributed by atoms with Gasteiger partial charge in [-0.2, -0.15) is 35.3 Å². The first kappa shape index (κ1) is 44.1. The van der Waals surface area contributed by atoms with Crippen LogP contribution in [0.2, 0.25) is 0 Å². The Labute approximate surface area is 299 Å². The van der Waals surface area contributed by atoms with E-state index >= 15 is 0 Å². The SMILES string of the molecule is CCCCCCCCCCCCSC1CC(SCCCCCCCCCCCC)CC(SCCCCCCCCCCCC)C1. The Balaban J connectivity index is 2.22. The number of rotatable bonds is 36. The first-order valence-corrected chi connectivity index (χ1v) is 24.3. The molecular weight excluding hydrogens is 601 g/mol. The van der Waals surface area contributed by atoms with Crippen LogP contribution in [0.3, 0.4) is 0 Å². The van der Waals surface area contributed by atoms with E-state index in [4.69, 9.17) is 0 Å². The lowest BCUT2D eigenvalue weighted by molar-refractivity contribution is 0.537. The van der Waals surface area contributed by atoms with Gasteiger partial charge in [0, 0.05) is 15.7 Å². The van der Waals surface area contributed by atoms with Gasteiger partial charge in [0.25, 0.3) is 0 Å². The number of thioether (sulfide) groups is 3. The predicted octanol–water partition coefficient (Wildman–Crippen LogP) is 16.2. The van der Waals surface area contributed by atoms with Gasteiger partial charge in [-0.15, -0.1) is 0 Å². The molecule has 3 heteroatoms. The Morgan fingerprint density at radius 2 is 0.444 bits per heavy atom. The van der Waals surface area contributed by atoms with E-state index in [9.17, 15) is 0 Å².